The second-order valence-electron chi connectivity index (χ2n) is 2.81. The molecule has 0 aliphatic rings. The van der Waals surface area contributed by atoms with Gasteiger partial charge in [-0.05, 0) is 40.8 Å². The molecule has 0 saturated carbocycles. The van der Waals surface area contributed by atoms with E-state index in [4.69, 9.17) is 5.11 Å². The molecule has 2 N–H and O–H groups in total. The number of rotatable bonds is 1. The number of hydrogen-bond donors (Lipinski definition) is 2. The second-order valence-corrected chi connectivity index (χ2v) is 3.89. The number of aromatic amines is 1. The molecule has 0 atom stereocenters. The largest absolute Gasteiger partial charge is 0.477 e. The van der Waals surface area contributed by atoms with Gasteiger partial charge in [-0.3, -0.25) is 0 Å². The van der Waals surface area contributed by atoms with E-state index in [1.165, 1.54) is 18.2 Å². The van der Waals surface area contributed by atoms with Gasteiger partial charge in [-0.15, -0.1) is 0 Å². The Bertz CT molecular complexity index is 521. The van der Waals surface area contributed by atoms with Crippen LogP contribution in [0.5, 0.6) is 0 Å². The minimum Gasteiger partial charge on any atom is -0.477 e. The van der Waals surface area contributed by atoms with Crippen LogP contribution >= 0.6 is 22.6 Å². The Labute approximate surface area is 92.1 Å². The molecule has 1 aromatic heterocycles. The van der Waals surface area contributed by atoms with E-state index in [2.05, 4.69) is 4.98 Å². The Morgan fingerprint density at radius 1 is 1.50 bits per heavy atom. The fraction of sp³-hybridized carbons (Fsp3) is 0. The van der Waals surface area contributed by atoms with Crippen molar-refractivity contribution in [1.82, 2.24) is 4.98 Å². The van der Waals surface area contributed by atoms with Crippen LogP contribution in [0.3, 0.4) is 0 Å². The molecule has 0 saturated heterocycles. The van der Waals surface area contributed by atoms with Gasteiger partial charge in [0.1, 0.15) is 11.5 Å². The number of carboxylic acid groups (broad SMARTS) is 1. The highest BCUT2D eigenvalue weighted by Gasteiger charge is 2.14. The van der Waals surface area contributed by atoms with E-state index < -0.39 is 5.97 Å². The van der Waals surface area contributed by atoms with Crippen LogP contribution < -0.4 is 0 Å². The smallest absolute Gasteiger partial charge is 0.353 e. The minimum atomic E-state index is -1.04. The van der Waals surface area contributed by atoms with Crippen molar-refractivity contribution in [2.45, 2.75) is 0 Å². The van der Waals surface area contributed by atoms with Crippen molar-refractivity contribution < 1.29 is 14.3 Å². The predicted octanol–water partition coefficient (Wildman–Crippen LogP) is 2.61. The normalized spacial score (nSPS) is 10.7. The van der Waals surface area contributed by atoms with E-state index in [-0.39, 0.29) is 11.5 Å². The number of aromatic nitrogens is 1. The average molecular weight is 305 g/mol. The van der Waals surface area contributed by atoms with E-state index in [0.717, 1.165) is 0 Å². The first-order valence-electron chi connectivity index (χ1n) is 3.79. The average Bonchev–Trinajstić information content (AvgIpc) is 2.44. The van der Waals surface area contributed by atoms with Crippen LogP contribution in [-0.4, -0.2) is 16.1 Å². The Kier molecular flexibility index (Phi) is 2.18. The lowest BCUT2D eigenvalue weighted by Gasteiger charge is -1.90. The SMILES string of the molecule is O=C(O)c1[nH]c2ccc(F)cc2c1I. The number of fused-ring (bicyclic) bond motifs is 1. The van der Waals surface area contributed by atoms with Crippen molar-refractivity contribution in [1.29, 1.82) is 0 Å². The Hall–Kier alpha value is -1.11. The summed E-state index contributed by atoms with van der Waals surface area (Å²) in [4.78, 5) is 13.5. The number of halogens is 2. The number of carboxylic acids is 1. The lowest BCUT2D eigenvalue weighted by molar-refractivity contribution is 0.0690. The van der Waals surface area contributed by atoms with Crippen molar-refractivity contribution in [3.8, 4) is 0 Å². The fourth-order valence-corrected chi connectivity index (χ4v) is 2.09. The molecule has 0 fully saturated rings. The maximum Gasteiger partial charge on any atom is 0.353 e. The van der Waals surface area contributed by atoms with Crippen molar-refractivity contribution >= 4 is 39.5 Å². The first kappa shape index (κ1) is 9.45. The lowest BCUT2D eigenvalue weighted by Crippen LogP contribution is -1.97. The lowest BCUT2D eigenvalue weighted by atomic mass is 10.2. The number of H-pyrrole nitrogens is 1. The van der Waals surface area contributed by atoms with Gasteiger partial charge in [-0.2, -0.15) is 0 Å². The maximum atomic E-state index is 12.9. The Morgan fingerprint density at radius 2 is 2.21 bits per heavy atom. The van der Waals surface area contributed by atoms with Gasteiger partial charge in [-0.25, -0.2) is 9.18 Å². The van der Waals surface area contributed by atoms with Gasteiger partial charge in [0.2, 0.25) is 0 Å². The summed E-state index contributed by atoms with van der Waals surface area (Å²) in [7, 11) is 0. The third-order valence-electron chi connectivity index (χ3n) is 1.91. The monoisotopic (exact) mass is 305 g/mol. The molecule has 2 rings (SSSR count). The van der Waals surface area contributed by atoms with Gasteiger partial charge in [-0.1, -0.05) is 0 Å². The van der Waals surface area contributed by atoms with E-state index >= 15 is 0 Å². The molecule has 0 unspecified atom stereocenters. The first-order chi connectivity index (χ1) is 6.59. The molecule has 5 heteroatoms. The summed E-state index contributed by atoms with van der Waals surface area (Å²) in [6, 6.07) is 4.14. The van der Waals surface area contributed by atoms with Crippen LogP contribution in [0.15, 0.2) is 18.2 Å². The summed E-state index contributed by atoms with van der Waals surface area (Å²) >= 11 is 1.89. The highest BCUT2D eigenvalue weighted by Crippen LogP contribution is 2.24. The third kappa shape index (κ3) is 1.37. The molecule has 0 bridgehead atoms. The van der Waals surface area contributed by atoms with E-state index in [1.807, 2.05) is 22.6 Å². The summed E-state index contributed by atoms with van der Waals surface area (Å²) in [5.74, 6) is -1.41. The molecule has 0 aliphatic carbocycles. The van der Waals surface area contributed by atoms with Crippen LogP contribution in [0.4, 0.5) is 4.39 Å². The number of nitrogens with one attached hydrogen (secondary N) is 1. The van der Waals surface area contributed by atoms with Gasteiger partial charge in [0.15, 0.2) is 0 Å². The number of benzene rings is 1. The van der Waals surface area contributed by atoms with Crippen molar-refractivity contribution in [3.63, 3.8) is 0 Å². The predicted molar refractivity (Wildman–Crippen MR) is 57.9 cm³/mol. The summed E-state index contributed by atoms with van der Waals surface area (Å²) in [6.07, 6.45) is 0. The minimum absolute atomic E-state index is 0.103. The van der Waals surface area contributed by atoms with Gasteiger partial charge in [0.05, 0.1) is 3.57 Å². The van der Waals surface area contributed by atoms with E-state index in [0.29, 0.717) is 14.5 Å². The highest BCUT2D eigenvalue weighted by atomic mass is 127. The molecule has 14 heavy (non-hydrogen) atoms. The molecule has 0 radical (unpaired) electrons. The van der Waals surface area contributed by atoms with Crippen molar-refractivity contribution in [2.75, 3.05) is 0 Å². The molecule has 1 heterocycles. The Morgan fingerprint density at radius 3 is 2.86 bits per heavy atom. The topological polar surface area (TPSA) is 53.1 Å². The molecule has 3 nitrogen and oxygen atoms in total. The zero-order valence-corrected chi connectivity index (χ0v) is 9.00. The van der Waals surface area contributed by atoms with Crippen LogP contribution in [0, 0.1) is 9.39 Å². The number of hydrogen-bond acceptors (Lipinski definition) is 1. The molecule has 72 valence electrons. The quantitative estimate of drug-likeness (QED) is 0.796. The van der Waals surface area contributed by atoms with E-state index in [1.54, 1.807) is 0 Å². The Balaban J connectivity index is 2.80. The zero-order valence-electron chi connectivity index (χ0n) is 6.84. The van der Waals surface area contributed by atoms with Crippen molar-refractivity contribution in [3.05, 3.63) is 33.3 Å². The summed E-state index contributed by atoms with van der Waals surface area (Å²) < 4.78 is 13.4. The standard InChI is InChI=1S/C9H5FINO2/c10-4-1-2-6-5(3-4)7(11)8(12-6)9(13)14/h1-3,12H,(H,13,14). The second kappa shape index (κ2) is 3.23. The van der Waals surface area contributed by atoms with Gasteiger partial charge in [0, 0.05) is 10.9 Å². The molecule has 0 amide bonds. The fourth-order valence-electron chi connectivity index (χ4n) is 1.28. The third-order valence-corrected chi connectivity index (χ3v) is 3.03. The first-order valence-corrected chi connectivity index (χ1v) is 4.87. The van der Waals surface area contributed by atoms with Gasteiger partial charge < -0.3 is 10.1 Å². The summed E-state index contributed by atoms with van der Waals surface area (Å²) in [6.45, 7) is 0. The molecule has 0 aliphatic heterocycles. The molecule has 1 aromatic carbocycles. The molecular formula is C9H5FINO2. The molecule has 2 aromatic rings. The maximum absolute atomic E-state index is 12.9. The molecule has 0 spiro atoms. The number of aromatic carboxylic acids is 1. The number of carbonyl (C=O) groups is 1. The summed E-state index contributed by atoms with van der Waals surface area (Å²) in [5, 5.41) is 9.41. The summed E-state index contributed by atoms with van der Waals surface area (Å²) in [5.41, 5.74) is 0.736. The highest BCUT2D eigenvalue weighted by molar-refractivity contribution is 14.1. The van der Waals surface area contributed by atoms with Crippen LogP contribution in [0.2, 0.25) is 0 Å². The molecular weight excluding hydrogens is 300 g/mol. The van der Waals surface area contributed by atoms with Gasteiger partial charge in [0.25, 0.3) is 0 Å². The van der Waals surface area contributed by atoms with Crippen LogP contribution in [0.1, 0.15) is 10.5 Å². The van der Waals surface area contributed by atoms with Crippen LogP contribution in [-0.2, 0) is 0 Å². The van der Waals surface area contributed by atoms with Crippen molar-refractivity contribution in [2.24, 2.45) is 0 Å². The van der Waals surface area contributed by atoms with E-state index in [9.17, 15) is 9.18 Å². The van der Waals surface area contributed by atoms with Gasteiger partial charge >= 0.3 is 5.97 Å². The zero-order chi connectivity index (χ0) is 10.3. The van der Waals surface area contributed by atoms with Crippen LogP contribution in [0.25, 0.3) is 10.9 Å².